The lowest BCUT2D eigenvalue weighted by atomic mass is 9.44. The van der Waals surface area contributed by atoms with Crippen LogP contribution in [0, 0.1) is 46.3 Å². The Kier molecular flexibility index (Phi) is 8.00. The predicted octanol–water partition coefficient (Wildman–Crippen LogP) is 6.14. The van der Waals surface area contributed by atoms with Crippen molar-refractivity contribution >= 4 is 0 Å². The maximum absolute atomic E-state index is 11.4. The standard InChI is InChI=1S/C29H54N2O/c1-20(2)8-5-6-9-21-10-11-24-23-19-27(32)26-18-22(31-17-7-16-30)12-14-29(26,4)25(23)13-15-28(21,24)3/h20-27,31-32H,5-19,30H2,1-4H3. The fraction of sp³-hybridized carbons (Fsp3) is 1.00. The first kappa shape index (κ1) is 25.0. The molecule has 4 rings (SSSR count). The third kappa shape index (κ3) is 4.69. The first-order valence-electron chi connectivity index (χ1n) is 14.4. The van der Waals surface area contributed by atoms with Gasteiger partial charge in [0, 0.05) is 6.04 Å². The van der Waals surface area contributed by atoms with Crippen molar-refractivity contribution in [1.82, 2.24) is 5.32 Å². The van der Waals surface area contributed by atoms with Crippen molar-refractivity contribution < 1.29 is 5.11 Å². The van der Waals surface area contributed by atoms with Crippen LogP contribution >= 0.6 is 0 Å². The van der Waals surface area contributed by atoms with E-state index in [1.807, 2.05) is 0 Å². The molecule has 0 radical (unpaired) electrons. The molecule has 3 heteroatoms. The van der Waals surface area contributed by atoms with Crippen LogP contribution in [-0.4, -0.2) is 30.3 Å². The fourth-order valence-corrected chi connectivity index (χ4v) is 9.42. The number of rotatable bonds is 9. The Balaban J connectivity index is 1.40. The lowest BCUT2D eigenvalue weighted by Crippen LogP contribution is -2.59. The zero-order valence-corrected chi connectivity index (χ0v) is 21.7. The minimum atomic E-state index is -0.0900. The number of aliphatic hydroxyl groups excluding tert-OH is 1. The monoisotopic (exact) mass is 446 g/mol. The van der Waals surface area contributed by atoms with Gasteiger partial charge >= 0.3 is 0 Å². The van der Waals surface area contributed by atoms with Crippen LogP contribution in [0.3, 0.4) is 0 Å². The summed E-state index contributed by atoms with van der Waals surface area (Å²) in [6.45, 7) is 11.8. The highest BCUT2D eigenvalue weighted by atomic mass is 16.3. The largest absolute Gasteiger partial charge is 0.393 e. The van der Waals surface area contributed by atoms with E-state index in [2.05, 4.69) is 33.0 Å². The van der Waals surface area contributed by atoms with Crippen molar-refractivity contribution in [2.75, 3.05) is 13.1 Å². The molecule has 0 spiro atoms. The average molecular weight is 447 g/mol. The van der Waals surface area contributed by atoms with Gasteiger partial charge in [0.15, 0.2) is 0 Å². The Morgan fingerprint density at radius 3 is 2.41 bits per heavy atom. The summed E-state index contributed by atoms with van der Waals surface area (Å²) in [6.07, 6.45) is 17.3. The Morgan fingerprint density at radius 2 is 1.66 bits per heavy atom. The molecule has 0 aliphatic heterocycles. The first-order chi connectivity index (χ1) is 15.3. The van der Waals surface area contributed by atoms with E-state index in [0.717, 1.165) is 55.5 Å². The molecule has 32 heavy (non-hydrogen) atoms. The van der Waals surface area contributed by atoms with E-state index in [0.29, 0.717) is 22.8 Å². The van der Waals surface area contributed by atoms with Crippen molar-refractivity contribution in [2.45, 2.75) is 123 Å². The van der Waals surface area contributed by atoms with E-state index in [4.69, 9.17) is 5.73 Å². The number of hydrogen-bond donors (Lipinski definition) is 3. The molecule has 0 bridgehead atoms. The molecule has 4 saturated carbocycles. The molecule has 3 nitrogen and oxygen atoms in total. The summed E-state index contributed by atoms with van der Waals surface area (Å²) >= 11 is 0. The van der Waals surface area contributed by atoms with Gasteiger partial charge in [-0.25, -0.2) is 0 Å². The second-order valence-corrected chi connectivity index (χ2v) is 13.4. The van der Waals surface area contributed by atoms with Gasteiger partial charge in [0.1, 0.15) is 0 Å². The van der Waals surface area contributed by atoms with Gasteiger partial charge in [0.05, 0.1) is 6.10 Å². The number of fused-ring (bicyclic) bond motifs is 5. The second-order valence-electron chi connectivity index (χ2n) is 13.4. The van der Waals surface area contributed by atoms with Crippen LogP contribution in [0.1, 0.15) is 111 Å². The van der Waals surface area contributed by atoms with Gasteiger partial charge in [-0.2, -0.15) is 0 Å². The van der Waals surface area contributed by atoms with Crippen LogP contribution in [0.2, 0.25) is 0 Å². The highest BCUT2D eigenvalue weighted by Crippen LogP contribution is 2.67. The molecule has 0 aromatic rings. The molecule has 4 N–H and O–H groups in total. The van der Waals surface area contributed by atoms with Crippen LogP contribution in [0.25, 0.3) is 0 Å². The molecular weight excluding hydrogens is 392 g/mol. The van der Waals surface area contributed by atoms with Gasteiger partial charge in [-0.3, -0.25) is 0 Å². The van der Waals surface area contributed by atoms with E-state index in [1.165, 1.54) is 70.6 Å². The molecule has 4 aliphatic rings. The second kappa shape index (κ2) is 10.2. The first-order valence-corrected chi connectivity index (χ1v) is 14.4. The van der Waals surface area contributed by atoms with Crippen LogP contribution in [0.15, 0.2) is 0 Å². The van der Waals surface area contributed by atoms with Crippen LogP contribution in [-0.2, 0) is 0 Å². The summed E-state index contributed by atoms with van der Waals surface area (Å²) in [5.41, 5.74) is 6.59. The average Bonchev–Trinajstić information content (AvgIpc) is 3.08. The molecule has 0 heterocycles. The van der Waals surface area contributed by atoms with Crippen molar-refractivity contribution in [3.05, 3.63) is 0 Å². The van der Waals surface area contributed by atoms with E-state index >= 15 is 0 Å². The van der Waals surface area contributed by atoms with Gasteiger partial charge in [-0.15, -0.1) is 0 Å². The molecule has 4 aliphatic carbocycles. The third-order valence-electron chi connectivity index (χ3n) is 11.3. The minimum absolute atomic E-state index is 0.0900. The molecule has 4 fully saturated rings. The van der Waals surface area contributed by atoms with Crippen LogP contribution < -0.4 is 11.1 Å². The number of hydrogen-bond acceptors (Lipinski definition) is 3. The molecule has 9 unspecified atom stereocenters. The van der Waals surface area contributed by atoms with Gasteiger partial charge < -0.3 is 16.2 Å². The number of unbranched alkanes of at least 4 members (excludes halogenated alkanes) is 1. The van der Waals surface area contributed by atoms with E-state index < -0.39 is 0 Å². The number of nitrogens with two attached hydrogens (primary N) is 1. The van der Waals surface area contributed by atoms with E-state index in [-0.39, 0.29) is 6.10 Å². The molecule has 0 aromatic heterocycles. The smallest absolute Gasteiger partial charge is 0.0577 e. The molecule has 0 saturated heterocycles. The number of nitrogens with one attached hydrogen (secondary N) is 1. The zero-order chi connectivity index (χ0) is 22.9. The number of aliphatic hydroxyl groups is 1. The van der Waals surface area contributed by atoms with Crippen molar-refractivity contribution in [1.29, 1.82) is 0 Å². The lowest BCUT2D eigenvalue weighted by molar-refractivity contribution is -0.161. The summed E-state index contributed by atoms with van der Waals surface area (Å²) < 4.78 is 0. The van der Waals surface area contributed by atoms with Gasteiger partial charge in [-0.1, -0.05) is 47.0 Å². The quantitative estimate of drug-likeness (QED) is 0.373. The Bertz CT molecular complexity index is 608. The molecule has 0 aromatic carbocycles. The van der Waals surface area contributed by atoms with E-state index in [1.54, 1.807) is 0 Å². The molecule has 186 valence electrons. The third-order valence-corrected chi connectivity index (χ3v) is 11.3. The summed E-state index contributed by atoms with van der Waals surface area (Å²) in [4.78, 5) is 0. The molecule has 9 atom stereocenters. The lowest BCUT2D eigenvalue weighted by Gasteiger charge is -2.62. The van der Waals surface area contributed by atoms with Gasteiger partial charge in [-0.05, 0) is 124 Å². The van der Waals surface area contributed by atoms with Crippen molar-refractivity contribution in [2.24, 2.45) is 52.1 Å². The maximum Gasteiger partial charge on any atom is 0.0577 e. The van der Waals surface area contributed by atoms with Crippen LogP contribution in [0.5, 0.6) is 0 Å². The van der Waals surface area contributed by atoms with Gasteiger partial charge in [0.2, 0.25) is 0 Å². The normalized spacial score (nSPS) is 46.0. The zero-order valence-electron chi connectivity index (χ0n) is 21.7. The summed E-state index contributed by atoms with van der Waals surface area (Å²) in [6, 6.07) is 0.585. The Morgan fingerprint density at radius 1 is 0.906 bits per heavy atom. The molecule has 0 amide bonds. The van der Waals surface area contributed by atoms with Crippen LogP contribution in [0.4, 0.5) is 0 Å². The summed E-state index contributed by atoms with van der Waals surface area (Å²) in [7, 11) is 0. The minimum Gasteiger partial charge on any atom is -0.393 e. The summed E-state index contributed by atoms with van der Waals surface area (Å²) in [5.74, 6) is 4.76. The highest BCUT2D eigenvalue weighted by molar-refractivity contribution is 5.11. The maximum atomic E-state index is 11.4. The SMILES string of the molecule is CC(C)CCCCC1CCC2C3CC(O)C4CC(NCCCN)CCC4(C)C3CCC12C. The Labute approximate surface area is 199 Å². The molecular formula is C29H54N2O. The summed E-state index contributed by atoms with van der Waals surface area (Å²) in [5, 5.41) is 15.2. The van der Waals surface area contributed by atoms with E-state index in [9.17, 15) is 5.11 Å². The van der Waals surface area contributed by atoms with Crippen molar-refractivity contribution in [3.8, 4) is 0 Å². The topological polar surface area (TPSA) is 58.3 Å². The Hall–Kier alpha value is -0.120. The predicted molar refractivity (Wildman–Crippen MR) is 135 cm³/mol. The highest BCUT2D eigenvalue weighted by Gasteiger charge is 2.61. The van der Waals surface area contributed by atoms with Crippen molar-refractivity contribution in [3.63, 3.8) is 0 Å². The van der Waals surface area contributed by atoms with Gasteiger partial charge in [0.25, 0.3) is 0 Å². The fourth-order valence-electron chi connectivity index (χ4n) is 9.42.